The first-order valence-corrected chi connectivity index (χ1v) is 4.72. The molecule has 0 fully saturated rings. The normalized spacial score (nSPS) is 14.0. The largest absolute Gasteiger partial charge is 0.416 e. The molecule has 1 unspecified atom stereocenters. The van der Waals surface area contributed by atoms with E-state index in [9.17, 15) is 13.2 Å². The summed E-state index contributed by atoms with van der Waals surface area (Å²) in [5, 5.41) is 8.91. The maximum atomic E-state index is 12.6. The molecule has 0 aliphatic rings. The fourth-order valence-corrected chi connectivity index (χ4v) is 1.74. The zero-order chi connectivity index (χ0) is 11.6. The minimum absolute atomic E-state index is 0.0337. The second-order valence-corrected chi connectivity index (χ2v) is 3.69. The molecule has 0 saturated heterocycles. The number of hydrogen-bond donors (Lipinski definition) is 1. The Bertz CT molecular complexity index is 349. The van der Waals surface area contributed by atoms with Crippen LogP contribution in [0.1, 0.15) is 24.0 Å². The Balaban J connectivity index is 3.33. The summed E-state index contributed by atoms with van der Waals surface area (Å²) in [7, 11) is 0. The van der Waals surface area contributed by atoms with Gasteiger partial charge in [0.2, 0.25) is 0 Å². The van der Waals surface area contributed by atoms with E-state index in [1.807, 2.05) is 0 Å². The van der Waals surface area contributed by atoms with Crippen LogP contribution in [0.15, 0.2) is 18.2 Å². The fraction of sp³-hybridized carbons (Fsp3) is 0.400. The van der Waals surface area contributed by atoms with Crippen LogP contribution in [0, 0.1) is 0 Å². The smallest absolute Gasteiger partial charge is 0.396 e. The van der Waals surface area contributed by atoms with Gasteiger partial charge in [0, 0.05) is 17.5 Å². The summed E-state index contributed by atoms with van der Waals surface area (Å²) in [6.45, 7) is 1.13. The van der Waals surface area contributed by atoms with E-state index >= 15 is 0 Å². The van der Waals surface area contributed by atoms with E-state index in [-0.39, 0.29) is 17.2 Å². The Hall–Kier alpha value is -0.740. The molecule has 0 saturated carbocycles. The molecule has 1 N–H and O–H groups in total. The van der Waals surface area contributed by atoms with Gasteiger partial charge >= 0.3 is 6.18 Å². The zero-order valence-electron chi connectivity index (χ0n) is 7.98. The van der Waals surface area contributed by atoms with E-state index in [0.717, 1.165) is 6.07 Å². The summed E-state index contributed by atoms with van der Waals surface area (Å²) in [6.07, 6.45) is -4.44. The third-order valence-corrected chi connectivity index (χ3v) is 2.45. The van der Waals surface area contributed by atoms with Crippen LogP contribution in [0.5, 0.6) is 0 Å². The molecule has 0 amide bonds. The Morgan fingerprint density at radius 2 is 2.00 bits per heavy atom. The minimum atomic E-state index is -4.44. The molecule has 84 valence electrons. The van der Waals surface area contributed by atoms with Crippen LogP contribution in [0.2, 0.25) is 5.02 Å². The van der Waals surface area contributed by atoms with Crippen LogP contribution in [-0.2, 0) is 6.18 Å². The highest BCUT2D eigenvalue weighted by molar-refractivity contribution is 6.31. The fourth-order valence-electron chi connectivity index (χ4n) is 1.38. The molecule has 0 bridgehead atoms. The van der Waals surface area contributed by atoms with Crippen LogP contribution >= 0.6 is 11.6 Å². The van der Waals surface area contributed by atoms with Gasteiger partial charge in [0.15, 0.2) is 0 Å². The third kappa shape index (κ3) is 2.63. The lowest BCUT2D eigenvalue weighted by Gasteiger charge is -2.17. The van der Waals surface area contributed by atoms with Gasteiger partial charge in [0.05, 0.1) is 5.56 Å². The summed E-state index contributed by atoms with van der Waals surface area (Å²) in [5.74, 6) is -0.629. The lowest BCUT2D eigenvalue weighted by Crippen LogP contribution is -2.13. The standard InChI is InChI=1S/C10H10ClF3O/c1-6(5-15)9-7(10(12,13)14)3-2-4-8(9)11/h2-4,6,15H,5H2,1H3. The SMILES string of the molecule is CC(CO)c1c(Cl)cccc1C(F)(F)F. The monoisotopic (exact) mass is 238 g/mol. The first-order chi connectivity index (χ1) is 6.88. The van der Waals surface area contributed by atoms with Gasteiger partial charge in [-0.15, -0.1) is 0 Å². The van der Waals surface area contributed by atoms with E-state index in [1.54, 1.807) is 0 Å². The molecule has 15 heavy (non-hydrogen) atoms. The van der Waals surface area contributed by atoms with Crippen molar-refractivity contribution in [3.8, 4) is 0 Å². The Kier molecular flexibility index (Phi) is 3.62. The van der Waals surface area contributed by atoms with E-state index < -0.39 is 17.7 Å². The van der Waals surface area contributed by atoms with Crippen molar-refractivity contribution in [1.82, 2.24) is 0 Å². The summed E-state index contributed by atoms with van der Waals surface area (Å²) in [6, 6.07) is 3.60. The van der Waals surface area contributed by atoms with Gasteiger partial charge < -0.3 is 5.11 Å². The number of halogens is 4. The van der Waals surface area contributed by atoms with Crippen molar-refractivity contribution < 1.29 is 18.3 Å². The van der Waals surface area contributed by atoms with Crippen molar-refractivity contribution in [1.29, 1.82) is 0 Å². The lowest BCUT2D eigenvalue weighted by molar-refractivity contribution is -0.138. The molecule has 0 heterocycles. The number of benzene rings is 1. The van der Waals surface area contributed by atoms with E-state index in [2.05, 4.69) is 0 Å². The molecule has 0 radical (unpaired) electrons. The quantitative estimate of drug-likeness (QED) is 0.837. The van der Waals surface area contributed by atoms with Gasteiger partial charge in [-0.25, -0.2) is 0 Å². The zero-order valence-corrected chi connectivity index (χ0v) is 8.73. The summed E-state index contributed by atoms with van der Waals surface area (Å²) >= 11 is 5.70. The molecule has 0 aliphatic carbocycles. The Labute approximate surface area is 90.5 Å². The maximum absolute atomic E-state index is 12.6. The number of alkyl halides is 3. The lowest BCUT2D eigenvalue weighted by atomic mass is 9.96. The molecule has 1 atom stereocenters. The van der Waals surface area contributed by atoms with E-state index in [1.165, 1.54) is 19.1 Å². The van der Waals surface area contributed by atoms with Crippen molar-refractivity contribution in [2.24, 2.45) is 0 Å². The van der Waals surface area contributed by atoms with Crippen LogP contribution < -0.4 is 0 Å². The Morgan fingerprint density at radius 3 is 2.47 bits per heavy atom. The third-order valence-electron chi connectivity index (χ3n) is 2.12. The van der Waals surface area contributed by atoms with E-state index in [4.69, 9.17) is 16.7 Å². The molecule has 0 aromatic heterocycles. The van der Waals surface area contributed by atoms with Crippen LogP contribution in [0.3, 0.4) is 0 Å². The van der Waals surface area contributed by atoms with Crippen molar-refractivity contribution in [3.05, 3.63) is 34.3 Å². The van der Waals surface area contributed by atoms with Gasteiger partial charge in [-0.1, -0.05) is 24.6 Å². The van der Waals surface area contributed by atoms with Gasteiger partial charge in [0.25, 0.3) is 0 Å². The Morgan fingerprint density at radius 1 is 1.40 bits per heavy atom. The molecule has 5 heteroatoms. The topological polar surface area (TPSA) is 20.2 Å². The number of aliphatic hydroxyl groups is 1. The second kappa shape index (κ2) is 4.41. The predicted molar refractivity (Wildman–Crippen MR) is 52.0 cm³/mol. The highest BCUT2D eigenvalue weighted by Gasteiger charge is 2.35. The predicted octanol–water partition coefficient (Wildman–Crippen LogP) is 3.45. The first kappa shape index (κ1) is 12.3. The molecular formula is C10H10ClF3O. The van der Waals surface area contributed by atoms with Gasteiger partial charge in [0.1, 0.15) is 0 Å². The van der Waals surface area contributed by atoms with Gasteiger partial charge in [-0.05, 0) is 17.7 Å². The van der Waals surface area contributed by atoms with Crippen LogP contribution in [0.25, 0.3) is 0 Å². The van der Waals surface area contributed by atoms with Crippen molar-refractivity contribution >= 4 is 11.6 Å². The average molecular weight is 239 g/mol. The highest BCUT2D eigenvalue weighted by atomic mass is 35.5. The average Bonchev–Trinajstić information content (AvgIpc) is 2.15. The van der Waals surface area contributed by atoms with Gasteiger partial charge in [-0.3, -0.25) is 0 Å². The molecular weight excluding hydrogens is 229 g/mol. The summed E-state index contributed by atoms with van der Waals surface area (Å²) < 4.78 is 37.8. The number of aliphatic hydroxyl groups excluding tert-OH is 1. The molecule has 1 aromatic rings. The van der Waals surface area contributed by atoms with Crippen molar-refractivity contribution in [3.63, 3.8) is 0 Å². The first-order valence-electron chi connectivity index (χ1n) is 4.34. The second-order valence-electron chi connectivity index (χ2n) is 3.28. The summed E-state index contributed by atoms with van der Waals surface area (Å²) in [5.41, 5.74) is -0.828. The molecule has 0 spiro atoms. The van der Waals surface area contributed by atoms with Gasteiger partial charge in [-0.2, -0.15) is 13.2 Å². The van der Waals surface area contributed by atoms with Crippen molar-refractivity contribution in [2.45, 2.75) is 19.0 Å². The molecule has 0 aliphatic heterocycles. The van der Waals surface area contributed by atoms with E-state index in [0.29, 0.717) is 0 Å². The van der Waals surface area contributed by atoms with Crippen molar-refractivity contribution in [2.75, 3.05) is 6.61 Å². The maximum Gasteiger partial charge on any atom is 0.416 e. The molecule has 1 rings (SSSR count). The number of hydrogen-bond acceptors (Lipinski definition) is 1. The van der Waals surface area contributed by atoms with Crippen LogP contribution in [-0.4, -0.2) is 11.7 Å². The van der Waals surface area contributed by atoms with Crippen LogP contribution in [0.4, 0.5) is 13.2 Å². The molecule has 1 nitrogen and oxygen atoms in total. The highest BCUT2D eigenvalue weighted by Crippen LogP contribution is 2.38. The molecule has 1 aromatic carbocycles. The number of rotatable bonds is 2. The minimum Gasteiger partial charge on any atom is -0.396 e. The summed E-state index contributed by atoms with van der Waals surface area (Å²) in [4.78, 5) is 0.